The van der Waals surface area contributed by atoms with Crippen molar-refractivity contribution in [3.05, 3.63) is 35.4 Å². The van der Waals surface area contributed by atoms with Gasteiger partial charge in [0.1, 0.15) is 0 Å². The number of aliphatic carboxylic acids is 1. The Bertz CT molecular complexity index is 433. The Morgan fingerprint density at radius 2 is 1.94 bits per heavy atom. The minimum atomic E-state index is -0.883. The van der Waals surface area contributed by atoms with Gasteiger partial charge in [0.25, 0.3) is 0 Å². The molecule has 0 saturated heterocycles. The zero-order chi connectivity index (χ0) is 12.0. The highest BCUT2D eigenvalue weighted by atomic mass is 16.4. The Hall–Kier alpha value is -1.35. The molecule has 0 radical (unpaired) electrons. The standard InChI is InChI=1S/C13H17NO2/c1-12(2,11(15)16)9-5-3-4-6-10(9)13(14)7-8-13/h3-6H,7-8,14H2,1-2H3,(H,15,16). The van der Waals surface area contributed by atoms with Gasteiger partial charge in [-0.1, -0.05) is 24.3 Å². The molecule has 1 aliphatic rings. The highest BCUT2D eigenvalue weighted by Gasteiger charge is 2.44. The summed E-state index contributed by atoms with van der Waals surface area (Å²) < 4.78 is 0. The molecule has 2 rings (SSSR count). The van der Waals surface area contributed by atoms with Gasteiger partial charge in [-0.25, -0.2) is 0 Å². The molecule has 86 valence electrons. The maximum Gasteiger partial charge on any atom is 0.313 e. The number of hydrogen-bond acceptors (Lipinski definition) is 2. The van der Waals surface area contributed by atoms with E-state index >= 15 is 0 Å². The van der Waals surface area contributed by atoms with Crippen molar-refractivity contribution in [1.29, 1.82) is 0 Å². The minimum Gasteiger partial charge on any atom is -0.481 e. The summed E-state index contributed by atoms with van der Waals surface area (Å²) >= 11 is 0. The quantitative estimate of drug-likeness (QED) is 0.817. The second kappa shape index (κ2) is 3.32. The monoisotopic (exact) mass is 219 g/mol. The lowest BCUT2D eigenvalue weighted by atomic mass is 9.79. The number of hydrogen-bond donors (Lipinski definition) is 2. The third-order valence-electron chi connectivity index (χ3n) is 3.46. The molecular weight excluding hydrogens is 202 g/mol. The Balaban J connectivity index is 2.53. The highest BCUT2D eigenvalue weighted by Crippen LogP contribution is 2.46. The lowest BCUT2D eigenvalue weighted by Crippen LogP contribution is -2.33. The lowest BCUT2D eigenvalue weighted by molar-refractivity contribution is -0.142. The van der Waals surface area contributed by atoms with Crippen LogP contribution in [0, 0.1) is 0 Å². The zero-order valence-electron chi connectivity index (χ0n) is 9.66. The van der Waals surface area contributed by atoms with Crippen molar-refractivity contribution in [2.75, 3.05) is 0 Å². The predicted octanol–water partition coefficient (Wildman–Crippen LogP) is 2.00. The van der Waals surface area contributed by atoms with Crippen LogP contribution in [-0.2, 0) is 15.7 Å². The molecule has 0 spiro atoms. The Labute approximate surface area is 95.3 Å². The van der Waals surface area contributed by atoms with Gasteiger partial charge in [-0.05, 0) is 37.8 Å². The third kappa shape index (κ3) is 1.61. The molecule has 0 unspecified atom stereocenters. The third-order valence-corrected chi connectivity index (χ3v) is 3.46. The van der Waals surface area contributed by atoms with E-state index in [4.69, 9.17) is 5.73 Å². The molecule has 0 aromatic heterocycles. The Morgan fingerprint density at radius 1 is 1.38 bits per heavy atom. The van der Waals surface area contributed by atoms with Gasteiger partial charge in [0, 0.05) is 5.54 Å². The average molecular weight is 219 g/mol. The van der Waals surface area contributed by atoms with E-state index in [1.165, 1.54) is 0 Å². The van der Waals surface area contributed by atoms with E-state index < -0.39 is 11.4 Å². The van der Waals surface area contributed by atoms with E-state index in [9.17, 15) is 9.90 Å². The average Bonchev–Trinajstić information content (AvgIpc) is 2.98. The number of rotatable bonds is 3. The molecule has 0 heterocycles. The van der Waals surface area contributed by atoms with Gasteiger partial charge in [-0.3, -0.25) is 4.79 Å². The normalized spacial score (nSPS) is 18.2. The molecule has 1 aliphatic carbocycles. The summed E-state index contributed by atoms with van der Waals surface area (Å²) in [4.78, 5) is 11.3. The van der Waals surface area contributed by atoms with Crippen LogP contribution in [0.4, 0.5) is 0 Å². The van der Waals surface area contributed by atoms with E-state index in [0.29, 0.717) is 0 Å². The summed E-state index contributed by atoms with van der Waals surface area (Å²) in [6, 6.07) is 7.61. The lowest BCUT2D eigenvalue weighted by Gasteiger charge is -2.25. The predicted molar refractivity (Wildman–Crippen MR) is 62.2 cm³/mol. The molecule has 0 aliphatic heterocycles. The number of carboxylic acids is 1. The smallest absolute Gasteiger partial charge is 0.313 e. The van der Waals surface area contributed by atoms with Crippen molar-refractivity contribution < 1.29 is 9.90 Å². The van der Waals surface area contributed by atoms with Crippen molar-refractivity contribution in [3.8, 4) is 0 Å². The highest BCUT2D eigenvalue weighted by molar-refractivity contribution is 5.81. The first-order valence-corrected chi connectivity index (χ1v) is 5.50. The van der Waals surface area contributed by atoms with Crippen molar-refractivity contribution in [1.82, 2.24) is 0 Å². The fourth-order valence-electron chi connectivity index (χ4n) is 1.98. The first-order valence-electron chi connectivity index (χ1n) is 5.50. The molecule has 3 nitrogen and oxygen atoms in total. The van der Waals surface area contributed by atoms with Crippen LogP contribution < -0.4 is 5.73 Å². The zero-order valence-corrected chi connectivity index (χ0v) is 9.66. The van der Waals surface area contributed by atoms with Crippen LogP contribution in [-0.4, -0.2) is 11.1 Å². The molecule has 1 aromatic rings. The molecule has 1 saturated carbocycles. The molecule has 3 N–H and O–H groups in total. The molecule has 3 heteroatoms. The van der Waals surface area contributed by atoms with E-state index in [0.717, 1.165) is 24.0 Å². The van der Waals surface area contributed by atoms with Crippen molar-refractivity contribution in [2.45, 2.75) is 37.6 Å². The van der Waals surface area contributed by atoms with E-state index in [1.54, 1.807) is 13.8 Å². The van der Waals surface area contributed by atoms with E-state index in [2.05, 4.69) is 0 Å². The van der Waals surface area contributed by atoms with Gasteiger partial charge in [0.15, 0.2) is 0 Å². The van der Waals surface area contributed by atoms with Crippen LogP contribution in [0.3, 0.4) is 0 Å². The summed E-state index contributed by atoms with van der Waals surface area (Å²) in [6.45, 7) is 3.44. The van der Waals surface area contributed by atoms with Crippen molar-refractivity contribution >= 4 is 5.97 Å². The van der Waals surface area contributed by atoms with Crippen LogP contribution in [0.15, 0.2) is 24.3 Å². The number of carboxylic acid groups (broad SMARTS) is 1. The van der Waals surface area contributed by atoms with Crippen LogP contribution in [0.2, 0.25) is 0 Å². The van der Waals surface area contributed by atoms with Crippen LogP contribution in [0.25, 0.3) is 0 Å². The summed E-state index contributed by atoms with van der Waals surface area (Å²) in [7, 11) is 0. The van der Waals surface area contributed by atoms with E-state index in [-0.39, 0.29) is 5.54 Å². The number of nitrogens with two attached hydrogens (primary N) is 1. The maximum atomic E-state index is 11.3. The fraction of sp³-hybridized carbons (Fsp3) is 0.462. The Kier molecular flexibility index (Phi) is 2.31. The largest absolute Gasteiger partial charge is 0.481 e. The van der Waals surface area contributed by atoms with Gasteiger partial charge >= 0.3 is 5.97 Å². The first-order chi connectivity index (χ1) is 7.38. The van der Waals surface area contributed by atoms with Gasteiger partial charge in [-0.15, -0.1) is 0 Å². The van der Waals surface area contributed by atoms with Gasteiger partial charge in [-0.2, -0.15) is 0 Å². The number of benzene rings is 1. The molecule has 0 amide bonds. The number of carbonyl (C=O) groups is 1. The summed E-state index contributed by atoms with van der Waals surface area (Å²) in [5.41, 5.74) is 6.82. The molecule has 1 fully saturated rings. The van der Waals surface area contributed by atoms with Gasteiger partial charge in [0.05, 0.1) is 5.41 Å². The van der Waals surface area contributed by atoms with Gasteiger partial charge in [0.2, 0.25) is 0 Å². The van der Waals surface area contributed by atoms with Gasteiger partial charge < -0.3 is 10.8 Å². The topological polar surface area (TPSA) is 63.3 Å². The molecule has 0 atom stereocenters. The molecular formula is C13H17NO2. The SMILES string of the molecule is CC(C)(C(=O)O)c1ccccc1C1(N)CC1. The first kappa shape index (κ1) is 11.1. The maximum absolute atomic E-state index is 11.3. The van der Waals surface area contributed by atoms with Crippen LogP contribution in [0.1, 0.15) is 37.8 Å². The van der Waals surface area contributed by atoms with Crippen LogP contribution in [0.5, 0.6) is 0 Å². The Morgan fingerprint density at radius 3 is 2.44 bits per heavy atom. The summed E-state index contributed by atoms with van der Waals surface area (Å²) in [6.07, 6.45) is 1.89. The van der Waals surface area contributed by atoms with Crippen molar-refractivity contribution in [3.63, 3.8) is 0 Å². The van der Waals surface area contributed by atoms with Crippen molar-refractivity contribution in [2.24, 2.45) is 5.73 Å². The summed E-state index contributed by atoms with van der Waals surface area (Å²) in [5, 5.41) is 9.26. The second-order valence-electron chi connectivity index (χ2n) is 5.13. The fourth-order valence-corrected chi connectivity index (χ4v) is 1.98. The molecule has 16 heavy (non-hydrogen) atoms. The van der Waals surface area contributed by atoms with Crippen LogP contribution >= 0.6 is 0 Å². The van der Waals surface area contributed by atoms with E-state index in [1.807, 2.05) is 24.3 Å². The summed E-state index contributed by atoms with van der Waals surface area (Å²) in [5.74, 6) is -0.816. The molecule has 0 bridgehead atoms. The second-order valence-corrected chi connectivity index (χ2v) is 5.13. The minimum absolute atomic E-state index is 0.288. The molecule has 1 aromatic carbocycles.